The Morgan fingerprint density at radius 1 is 0.895 bits per heavy atom. The summed E-state index contributed by atoms with van der Waals surface area (Å²) in [6.45, 7) is 2.71. The van der Waals surface area contributed by atoms with Gasteiger partial charge in [0, 0.05) is 26.9 Å². The minimum absolute atomic E-state index is 0.0283. The van der Waals surface area contributed by atoms with Gasteiger partial charge >= 0.3 is 13.7 Å². The predicted molar refractivity (Wildman–Crippen MR) is 276 cm³/mol. The third-order valence-electron chi connectivity index (χ3n) is 9.87. The van der Waals surface area contributed by atoms with Crippen LogP contribution in [0.3, 0.4) is 0 Å². The number of nitrogen functional groups attached to an aromatic ring is 1. The van der Waals surface area contributed by atoms with Crippen molar-refractivity contribution in [2.45, 2.75) is 74.4 Å². The number of hydrogen-bond acceptors (Lipinski definition) is 29. The number of phosphoric acid groups is 3. The fourth-order valence-corrected chi connectivity index (χ4v) is 13.7. The number of aromatic amines is 2. The molecule has 40 heteroatoms. The number of aliphatic hydroxyl groups excluding tert-OH is 1. The van der Waals surface area contributed by atoms with Crippen LogP contribution in [0.1, 0.15) is 49.5 Å². The lowest BCUT2D eigenvalue weighted by atomic mass is 10.2. The lowest BCUT2D eigenvalue weighted by molar-refractivity contribution is -0.250. The van der Waals surface area contributed by atoms with Crippen molar-refractivity contribution in [3.8, 4) is 5.75 Å². The van der Waals surface area contributed by atoms with Crippen LogP contribution in [0.2, 0.25) is 0 Å². The highest BCUT2D eigenvalue weighted by Gasteiger charge is 2.41. The molecule has 76 heavy (non-hydrogen) atoms. The second kappa shape index (κ2) is 27.3. The molecule has 8 rings (SSSR count). The van der Waals surface area contributed by atoms with Crippen LogP contribution in [-0.2, 0) is 50.3 Å². The van der Waals surface area contributed by atoms with E-state index in [0.717, 1.165) is 0 Å². The molecule has 0 spiro atoms. The van der Waals surface area contributed by atoms with Gasteiger partial charge < -0.3 is 67.8 Å². The molecule has 2 saturated heterocycles. The summed E-state index contributed by atoms with van der Waals surface area (Å²) < 4.78 is 81.9. The Morgan fingerprint density at radius 2 is 1.45 bits per heavy atom. The van der Waals surface area contributed by atoms with E-state index in [-0.39, 0.29) is 58.7 Å². The maximum atomic E-state index is 12.3. The SMILES string of the molecule is CSS[C@H](C)OC1C[C@H](n2cnc3c(=O)[nH]c(N)nc32)O[C@@H]1COP(=O)([O-])OP(=O)([O-])OP(=O)([O-])O.CSS[C@H](C)OC1C[C@H](n2cnc3c(=O)[nH]c(N=CN(C)C)nc32)O[C@@H]1CO.O=C1OP(Cl)Oc2ccccc21. The summed E-state index contributed by atoms with van der Waals surface area (Å²) in [6.07, 6.45) is 4.76. The molecule has 3 aliphatic rings. The number of nitrogens with zero attached hydrogens (tertiary/aromatic N) is 8. The fraction of sp³-hybridized carbons (Fsp3) is 0.500. The molecule has 31 nitrogen and oxygen atoms in total. The van der Waals surface area contributed by atoms with Crippen molar-refractivity contribution >= 4 is 132 Å². The number of imidazole rings is 2. The minimum atomic E-state index is -6.05. The van der Waals surface area contributed by atoms with Crippen LogP contribution >= 0.6 is 85.6 Å². The summed E-state index contributed by atoms with van der Waals surface area (Å²) in [5, 5.41) is 9.68. The molecule has 12 atom stereocenters. The van der Waals surface area contributed by atoms with Gasteiger partial charge in [-0.15, -0.1) is 0 Å². The van der Waals surface area contributed by atoms with E-state index in [2.05, 4.69) is 52.6 Å². The molecule has 3 aliphatic heterocycles. The largest absolute Gasteiger partial charge is 0.756 e. The molecule has 0 saturated carbocycles. The van der Waals surface area contributed by atoms with Gasteiger partial charge in [-0.3, -0.25) is 42.4 Å². The molecule has 2 fully saturated rings. The van der Waals surface area contributed by atoms with E-state index in [9.17, 15) is 47.9 Å². The van der Waals surface area contributed by atoms with Gasteiger partial charge in [0.1, 0.15) is 46.8 Å². The lowest BCUT2D eigenvalue weighted by Gasteiger charge is -2.33. The third kappa shape index (κ3) is 17.4. The minimum Gasteiger partial charge on any atom is -0.756 e. The molecule has 0 bridgehead atoms. The van der Waals surface area contributed by atoms with E-state index in [4.69, 9.17) is 45.3 Å². The Bertz CT molecular complexity index is 3100. The average molecular weight is 1240 g/mol. The average Bonchev–Trinajstić information content (AvgIpc) is 4.12. The summed E-state index contributed by atoms with van der Waals surface area (Å²) in [5.74, 6) is 0.0828. The molecule has 0 radical (unpaired) electrons. The van der Waals surface area contributed by atoms with Crippen molar-refractivity contribution < 1.29 is 84.3 Å². The van der Waals surface area contributed by atoms with Crippen molar-refractivity contribution in [1.29, 1.82) is 0 Å². The molecule has 0 aliphatic carbocycles. The molecule has 1 aromatic carbocycles. The normalized spacial score (nSPS) is 24.5. The van der Waals surface area contributed by atoms with Crippen LogP contribution in [0.25, 0.3) is 22.3 Å². The summed E-state index contributed by atoms with van der Waals surface area (Å²) in [7, 11) is -9.61. The molecule has 6 N–H and O–H groups in total. The first-order valence-electron chi connectivity index (χ1n) is 21.5. The molecule has 420 valence electrons. The molecule has 6 unspecified atom stereocenters. The maximum absolute atomic E-state index is 12.3. The first-order chi connectivity index (χ1) is 35.8. The van der Waals surface area contributed by atoms with Crippen molar-refractivity contribution in [2.24, 2.45) is 4.99 Å². The van der Waals surface area contributed by atoms with Gasteiger partial charge in [0.25, 0.3) is 34.6 Å². The van der Waals surface area contributed by atoms with Crippen molar-refractivity contribution in [3.63, 3.8) is 0 Å². The number of fused-ring (bicyclic) bond motifs is 3. The molecule has 5 aromatic rings. The van der Waals surface area contributed by atoms with Gasteiger partial charge in [-0.05, 0) is 49.7 Å². The monoisotopic (exact) mass is 1240 g/mol. The van der Waals surface area contributed by atoms with Gasteiger partial charge in [-0.1, -0.05) is 55.3 Å². The standard InChI is InChI=1S/C16H24N6O4S2.C13H22N5O13P3S2.C7H4ClO3P/c1-9(28-27-4)25-10-5-12(26-11(10)6-23)22-8-17-13-14(22)19-16(20-15(13)24)18-7-21(2)3;1-6(36-35-2)28-7-3-9(18-5-15-10-11(18)16-13(14)17-12(10)19)29-8(7)4-27-33(23,24)31-34(25,26)30-32(20,21)22;8-12-10-6-4-2-1-3-5(6)7(9)11-12/h7-12,23H,5-6H2,1-4H3,(H,19,20,24);5-9H,3-4H2,1-2H3,(H,23,24)(H,25,26)(H2,20,21,22)(H3,14,16,17,19);1-4H/p-3/t9-,10?,11-,12-;6-,7?,8-,9-;/m11./s1. The number of H-pyrrole nitrogens is 2. The Labute approximate surface area is 452 Å². The van der Waals surface area contributed by atoms with Gasteiger partial charge in [0.05, 0.1) is 44.4 Å². The van der Waals surface area contributed by atoms with Gasteiger partial charge in [0.15, 0.2) is 22.3 Å². The number of hydrogen-bond donors (Lipinski definition) is 5. The predicted octanol–water partition coefficient (Wildman–Crippen LogP) is 3.24. The number of phosphoric ester groups is 1. The zero-order chi connectivity index (χ0) is 55.7. The topological polar surface area (TPSA) is 430 Å². The Hall–Kier alpha value is -3.21. The van der Waals surface area contributed by atoms with Gasteiger partial charge in [-0.2, -0.15) is 9.97 Å². The number of carbonyl (C=O) groups is 1. The van der Waals surface area contributed by atoms with Crippen LogP contribution in [0, 0.1) is 0 Å². The summed E-state index contributed by atoms with van der Waals surface area (Å²) in [6, 6.07) is 6.84. The highest BCUT2D eigenvalue weighted by atomic mass is 35.7. The maximum Gasteiger partial charge on any atom is 0.403 e. The molecule has 0 amide bonds. The summed E-state index contributed by atoms with van der Waals surface area (Å²) in [4.78, 5) is 105. The van der Waals surface area contributed by atoms with Crippen LogP contribution in [0.15, 0.2) is 51.5 Å². The number of rotatable bonds is 20. The van der Waals surface area contributed by atoms with E-state index < -0.39 is 85.5 Å². The number of carbonyl (C=O) groups excluding carboxylic acids is 1. The van der Waals surface area contributed by atoms with E-state index in [0.29, 0.717) is 23.4 Å². The highest BCUT2D eigenvalue weighted by Crippen LogP contribution is 2.61. The van der Waals surface area contributed by atoms with Crippen molar-refractivity contribution in [2.75, 3.05) is 45.6 Å². The Morgan fingerprint density at radius 3 is 2.01 bits per heavy atom. The van der Waals surface area contributed by atoms with Crippen molar-refractivity contribution in [1.82, 2.24) is 43.9 Å². The second-order valence-corrected chi connectivity index (χ2v) is 27.1. The quantitative estimate of drug-likeness (QED) is 0.0245. The van der Waals surface area contributed by atoms with E-state index in [1.165, 1.54) is 38.8 Å². The van der Waals surface area contributed by atoms with Crippen LogP contribution in [0.4, 0.5) is 11.9 Å². The fourth-order valence-electron chi connectivity index (χ4n) is 7.04. The van der Waals surface area contributed by atoms with E-state index in [1.807, 2.05) is 33.5 Å². The van der Waals surface area contributed by atoms with Gasteiger partial charge in [-0.25, -0.2) is 28.4 Å². The number of nitrogens with two attached hydrogens (primary N) is 1. The Kier molecular flexibility index (Phi) is 22.3. The number of aromatic nitrogens is 8. The number of halogens is 1. The molecular formula is C36H47ClN11O20P4S4-3. The van der Waals surface area contributed by atoms with Crippen LogP contribution in [0.5, 0.6) is 5.75 Å². The second-order valence-electron chi connectivity index (χ2n) is 15.6. The van der Waals surface area contributed by atoms with Gasteiger partial charge in [0.2, 0.25) is 11.9 Å². The zero-order valence-electron chi connectivity index (χ0n) is 40.2. The Balaban J connectivity index is 0.000000206. The summed E-state index contributed by atoms with van der Waals surface area (Å²) >= 11 is 5.54. The number of aliphatic hydroxyl groups is 1. The van der Waals surface area contributed by atoms with E-state index >= 15 is 0 Å². The lowest BCUT2D eigenvalue weighted by Crippen LogP contribution is -2.31. The first kappa shape index (κ1) is 62.0. The number of aliphatic imine (C=N–C) groups is 1. The molecule has 4 aromatic heterocycles. The number of nitrogens with one attached hydrogen (secondary N) is 2. The number of anilines is 1. The zero-order valence-corrected chi connectivity index (χ0v) is 47.8. The van der Waals surface area contributed by atoms with Crippen LogP contribution < -0.4 is 36.1 Å². The van der Waals surface area contributed by atoms with Crippen LogP contribution in [-0.4, -0.2) is 141 Å². The smallest absolute Gasteiger partial charge is 0.403 e. The molecular weight excluding hydrogens is 1190 g/mol. The number of ether oxygens (including phenoxy) is 4. The molecule has 7 heterocycles. The highest BCUT2D eigenvalue weighted by molar-refractivity contribution is 8.76. The number of para-hydroxylation sites is 1. The summed E-state index contributed by atoms with van der Waals surface area (Å²) in [5.41, 5.74) is 5.28. The first-order valence-corrected chi connectivity index (χ1v) is 33.2. The number of benzene rings is 1. The third-order valence-corrected chi connectivity index (χ3v) is 18.6. The van der Waals surface area contributed by atoms with Crippen molar-refractivity contribution in [3.05, 3.63) is 63.2 Å². The van der Waals surface area contributed by atoms with E-state index in [1.54, 1.807) is 68.6 Å².